The molecule has 1 aliphatic heterocycles. The molecule has 1 aromatic rings. The smallest absolute Gasteiger partial charge is 0.328 e. The summed E-state index contributed by atoms with van der Waals surface area (Å²) in [4.78, 5) is 18.8. The molecule has 5 nitrogen and oxygen atoms in total. The molecule has 0 bridgehead atoms. The fourth-order valence-corrected chi connectivity index (χ4v) is 3.61. The molecule has 0 spiro atoms. The van der Waals surface area contributed by atoms with Crippen molar-refractivity contribution in [3.8, 4) is 6.07 Å². The summed E-state index contributed by atoms with van der Waals surface area (Å²) >= 11 is 1.75. The van der Waals surface area contributed by atoms with Gasteiger partial charge in [0, 0.05) is 19.1 Å². The van der Waals surface area contributed by atoms with E-state index in [2.05, 4.69) is 22.5 Å². The maximum absolute atomic E-state index is 11.6. The van der Waals surface area contributed by atoms with Crippen LogP contribution in [0.3, 0.4) is 0 Å². The van der Waals surface area contributed by atoms with Crippen LogP contribution in [0.2, 0.25) is 0 Å². The Hall–Kier alpha value is -1.71. The Bertz CT molecular complexity index is 530. The number of nitrogens with one attached hydrogen (secondary N) is 1. The number of carbonyl (C=O) groups excluding carboxylic acids is 1. The topological polar surface area (TPSA) is 66.9 Å². The molecule has 2 heterocycles. The summed E-state index contributed by atoms with van der Waals surface area (Å²) < 4.78 is 4.87. The lowest BCUT2D eigenvalue weighted by Crippen LogP contribution is -3.10. The highest BCUT2D eigenvalue weighted by molar-refractivity contribution is 7.10. The molecule has 2 atom stereocenters. The minimum Gasteiger partial charge on any atom is -0.465 e. The number of nitriles is 1. The van der Waals surface area contributed by atoms with E-state index in [1.807, 2.05) is 6.07 Å². The maximum atomic E-state index is 11.6. The van der Waals surface area contributed by atoms with Crippen LogP contribution in [0.1, 0.15) is 30.7 Å². The number of nitrogens with zero attached hydrogens (tertiary/aromatic N) is 2. The van der Waals surface area contributed by atoms with Gasteiger partial charge in [-0.25, -0.2) is 0 Å². The lowest BCUT2D eigenvalue weighted by atomic mass is 10.2. The van der Waals surface area contributed by atoms with Gasteiger partial charge in [0.1, 0.15) is 6.04 Å². The van der Waals surface area contributed by atoms with E-state index in [4.69, 9.17) is 10.00 Å². The van der Waals surface area contributed by atoms with E-state index in [-0.39, 0.29) is 6.61 Å². The third-order valence-corrected chi connectivity index (χ3v) is 4.83. The number of hydrogen-bond acceptors (Lipinski definition) is 5. The number of quaternary nitrogens is 1. The van der Waals surface area contributed by atoms with Crippen molar-refractivity contribution in [3.63, 3.8) is 0 Å². The molecule has 0 unspecified atom stereocenters. The Labute approximate surface area is 135 Å². The number of aliphatic imine (C=N–C) groups is 1. The molecule has 22 heavy (non-hydrogen) atoms. The first kappa shape index (κ1) is 16.7. The quantitative estimate of drug-likeness (QED) is 0.607. The number of esters is 1. The molecule has 0 aliphatic carbocycles. The fourth-order valence-electron chi connectivity index (χ4n) is 2.74. The molecule has 0 amide bonds. The standard InChI is InChI=1S/C16H21N3O2S/c1-2-21-16(20)13(10-17)11-18-12-14(15-6-5-9-22-15)19-7-3-4-8-19/h5-6,9,11,13-14H,2-4,7-8,12H2,1H3/p+1/t13-,14-/m1/s1. The van der Waals surface area contributed by atoms with Gasteiger partial charge in [-0.05, 0) is 18.4 Å². The Kier molecular flexibility index (Phi) is 6.56. The highest BCUT2D eigenvalue weighted by Crippen LogP contribution is 2.18. The van der Waals surface area contributed by atoms with Gasteiger partial charge < -0.3 is 9.64 Å². The van der Waals surface area contributed by atoms with E-state index in [9.17, 15) is 4.79 Å². The largest absolute Gasteiger partial charge is 0.465 e. The molecule has 1 aliphatic rings. The van der Waals surface area contributed by atoms with Crippen molar-refractivity contribution in [1.29, 1.82) is 5.26 Å². The molecular weight excluding hydrogens is 298 g/mol. The van der Waals surface area contributed by atoms with Crippen molar-refractivity contribution in [2.24, 2.45) is 10.9 Å². The van der Waals surface area contributed by atoms with Gasteiger partial charge in [0.05, 0.1) is 37.2 Å². The number of hydrogen-bond donors (Lipinski definition) is 1. The van der Waals surface area contributed by atoms with E-state index >= 15 is 0 Å². The Morgan fingerprint density at radius 3 is 2.95 bits per heavy atom. The minimum atomic E-state index is -0.905. The first-order valence-corrected chi connectivity index (χ1v) is 8.58. The average molecular weight is 320 g/mol. The van der Waals surface area contributed by atoms with Crippen molar-refractivity contribution < 1.29 is 14.4 Å². The van der Waals surface area contributed by atoms with Crippen LogP contribution in [0.4, 0.5) is 0 Å². The second-order valence-electron chi connectivity index (χ2n) is 5.31. The predicted molar refractivity (Wildman–Crippen MR) is 86.1 cm³/mol. The van der Waals surface area contributed by atoms with Gasteiger partial charge in [-0.15, -0.1) is 11.3 Å². The van der Waals surface area contributed by atoms with Gasteiger partial charge in [-0.3, -0.25) is 9.79 Å². The van der Waals surface area contributed by atoms with Gasteiger partial charge in [-0.2, -0.15) is 5.26 Å². The van der Waals surface area contributed by atoms with Crippen LogP contribution in [0, 0.1) is 17.2 Å². The summed E-state index contributed by atoms with van der Waals surface area (Å²) in [6.45, 7) is 4.94. The maximum Gasteiger partial charge on any atom is 0.328 e. The summed E-state index contributed by atoms with van der Waals surface area (Å²) in [5.41, 5.74) is 0. The van der Waals surface area contributed by atoms with Crippen LogP contribution in [-0.2, 0) is 9.53 Å². The number of rotatable bonds is 7. The molecule has 1 aromatic heterocycles. The van der Waals surface area contributed by atoms with Gasteiger partial charge in [0.2, 0.25) is 0 Å². The van der Waals surface area contributed by atoms with Crippen LogP contribution in [0.15, 0.2) is 22.5 Å². The van der Waals surface area contributed by atoms with E-state index < -0.39 is 11.9 Å². The van der Waals surface area contributed by atoms with Crippen LogP contribution in [0.25, 0.3) is 0 Å². The second kappa shape index (κ2) is 8.66. The second-order valence-corrected chi connectivity index (χ2v) is 6.29. The van der Waals surface area contributed by atoms with Crippen molar-refractivity contribution >= 4 is 23.5 Å². The molecule has 1 N–H and O–H groups in total. The van der Waals surface area contributed by atoms with Gasteiger partial charge in [0.15, 0.2) is 5.92 Å². The van der Waals surface area contributed by atoms with Crippen molar-refractivity contribution in [1.82, 2.24) is 0 Å². The highest BCUT2D eigenvalue weighted by Gasteiger charge is 2.28. The molecule has 1 saturated heterocycles. The van der Waals surface area contributed by atoms with Crippen LogP contribution in [-0.4, -0.2) is 38.4 Å². The number of ether oxygens (including phenoxy) is 1. The summed E-state index contributed by atoms with van der Waals surface area (Å²) in [6, 6.07) is 6.46. The van der Waals surface area contributed by atoms with Gasteiger partial charge in [0.25, 0.3) is 0 Å². The summed E-state index contributed by atoms with van der Waals surface area (Å²) in [5, 5.41) is 11.1. The molecule has 0 aromatic carbocycles. The van der Waals surface area contributed by atoms with Crippen molar-refractivity contribution in [3.05, 3.63) is 22.4 Å². The molecule has 6 heteroatoms. The molecule has 1 fully saturated rings. The van der Waals surface area contributed by atoms with Crippen LogP contribution < -0.4 is 4.90 Å². The first-order chi connectivity index (χ1) is 10.8. The number of likely N-dealkylation sites (tertiary alicyclic amines) is 1. The van der Waals surface area contributed by atoms with Crippen LogP contribution in [0.5, 0.6) is 0 Å². The molecule has 0 saturated carbocycles. The first-order valence-electron chi connectivity index (χ1n) is 7.70. The van der Waals surface area contributed by atoms with Crippen LogP contribution >= 0.6 is 11.3 Å². The fraction of sp³-hybridized carbons (Fsp3) is 0.562. The zero-order valence-electron chi connectivity index (χ0n) is 12.8. The number of thiophene rings is 1. The third-order valence-electron chi connectivity index (χ3n) is 3.85. The lowest BCUT2D eigenvalue weighted by Gasteiger charge is -2.22. The predicted octanol–water partition coefficient (Wildman–Crippen LogP) is 1.24. The zero-order chi connectivity index (χ0) is 15.8. The third kappa shape index (κ3) is 4.39. The molecule has 118 valence electrons. The van der Waals surface area contributed by atoms with Crippen molar-refractivity contribution in [2.45, 2.75) is 25.8 Å². The average Bonchev–Trinajstić information content (AvgIpc) is 3.21. The Morgan fingerprint density at radius 2 is 2.36 bits per heavy atom. The van der Waals surface area contributed by atoms with Crippen molar-refractivity contribution in [2.75, 3.05) is 26.2 Å². The molecule has 2 rings (SSSR count). The van der Waals surface area contributed by atoms with Gasteiger partial charge >= 0.3 is 5.97 Å². The Balaban J connectivity index is 2.00. The van der Waals surface area contributed by atoms with E-state index in [1.165, 1.54) is 23.9 Å². The Morgan fingerprint density at radius 1 is 1.59 bits per heavy atom. The monoisotopic (exact) mass is 320 g/mol. The van der Waals surface area contributed by atoms with Gasteiger partial charge in [-0.1, -0.05) is 6.07 Å². The SMILES string of the molecule is CCOC(=O)[C@H](C#N)C=NC[C@H](c1cccs1)[NH+]1CCCC1. The normalized spacial score (nSPS) is 18.2. The molecular formula is C16H22N3O2S+. The highest BCUT2D eigenvalue weighted by atomic mass is 32.1. The summed E-state index contributed by atoms with van der Waals surface area (Å²) in [7, 11) is 0. The van der Waals surface area contributed by atoms with E-state index in [0.717, 1.165) is 13.1 Å². The number of carbonyl (C=O) groups is 1. The molecule has 0 radical (unpaired) electrons. The zero-order valence-corrected chi connectivity index (χ0v) is 13.6. The van der Waals surface area contributed by atoms with E-state index in [0.29, 0.717) is 12.6 Å². The lowest BCUT2D eigenvalue weighted by molar-refractivity contribution is -0.917. The van der Waals surface area contributed by atoms with E-state index in [1.54, 1.807) is 23.2 Å². The summed E-state index contributed by atoms with van der Waals surface area (Å²) in [6.07, 6.45) is 3.95. The minimum absolute atomic E-state index is 0.278. The summed E-state index contributed by atoms with van der Waals surface area (Å²) in [5.74, 6) is -1.42.